The fraction of sp³-hybridized carbons (Fsp3) is 0.263. The van der Waals surface area contributed by atoms with Crippen molar-refractivity contribution in [2.45, 2.75) is 18.7 Å². The molecule has 0 spiro atoms. The number of para-hydroxylation sites is 1. The number of sulfonamides is 1. The topological polar surface area (TPSA) is 49.4 Å². The van der Waals surface area contributed by atoms with E-state index in [0.717, 1.165) is 22.4 Å². The Morgan fingerprint density at radius 3 is 2.46 bits per heavy atom. The van der Waals surface area contributed by atoms with Crippen molar-refractivity contribution in [3.8, 4) is 11.8 Å². The summed E-state index contributed by atoms with van der Waals surface area (Å²) in [7, 11) is 0.344. The van der Waals surface area contributed by atoms with E-state index >= 15 is 0 Å². The van der Waals surface area contributed by atoms with Gasteiger partial charge in [0.25, 0.3) is 0 Å². The highest BCUT2D eigenvalue weighted by atomic mass is 32.2. The predicted octanol–water partition coefficient (Wildman–Crippen LogP) is 2.70. The molecule has 4 nitrogen and oxygen atoms in total. The van der Waals surface area contributed by atoms with Crippen molar-refractivity contribution in [1.29, 1.82) is 0 Å². The van der Waals surface area contributed by atoms with Crippen molar-refractivity contribution >= 4 is 15.7 Å². The summed E-state index contributed by atoms with van der Waals surface area (Å²) in [5.74, 6) is 5.91. The van der Waals surface area contributed by atoms with E-state index in [4.69, 9.17) is 0 Å². The number of hydrogen-bond donors (Lipinski definition) is 1. The molecule has 0 aromatic heterocycles. The Balaban J connectivity index is 2.12. The van der Waals surface area contributed by atoms with E-state index in [1.54, 1.807) is 19.1 Å². The second kappa shape index (κ2) is 7.52. The van der Waals surface area contributed by atoms with Crippen molar-refractivity contribution in [3.05, 3.63) is 59.2 Å². The molecule has 2 aromatic carbocycles. The lowest BCUT2D eigenvalue weighted by molar-refractivity contribution is 0.585. The third-order valence-electron chi connectivity index (χ3n) is 3.58. The van der Waals surface area contributed by atoms with Gasteiger partial charge in [-0.25, -0.2) is 8.42 Å². The molecule has 0 radical (unpaired) electrons. The Kier molecular flexibility index (Phi) is 5.66. The Hall–Kier alpha value is -2.29. The fourth-order valence-electron chi connectivity index (χ4n) is 2.42. The molecule has 0 unspecified atom stereocenters. The molecule has 0 atom stereocenters. The molecule has 0 saturated carbocycles. The molecule has 0 aliphatic rings. The molecule has 0 bridgehead atoms. The zero-order valence-corrected chi connectivity index (χ0v) is 15.2. The van der Waals surface area contributed by atoms with Gasteiger partial charge in [-0.2, -0.15) is 4.72 Å². The first-order valence-electron chi connectivity index (χ1n) is 7.63. The van der Waals surface area contributed by atoms with E-state index in [-0.39, 0.29) is 6.54 Å². The summed E-state index contributed by atoms with van der Waals surface area (Å²) < 4.78 is 27.3. The van der Waals surface area contributed by atoms with E-state index < -0.39 is 10.0 Å². The minimum absolute atomic E-state index is 0.0669. The highest BCUT2D eigenvalue weighted by Crippen LogP contribution is 2.17. The molecule has 2 aromatic rings. The molecule has 0 fully saturated rings. The van der Waals surface area contributed by atoms with Gasteiger partial charge in [-0.15, -0.1) is 0 Å². The summed E-state index contributed by atoms with van der Waals surface area (Å²) in [5, 5.41) is 0. The van der Waals surface area contributed by atoms with E-state index in [1.165, 1.54) is 0 Å². The van der Waals surface area contributed by atoms with Crippen LogP contribution in [0.4, 0.5) is 5.69 Å². The van der Waals surface area contributed by atoms with Crippen LogP contribution in [-0.4, -0.2) is 29.1 Å². The summed E-state index contributed by atoms with van der Waals surface area (Å²) in [6.07, 6.45) is 0. The maximum atomic E-state index is 12.4. The lowest BCUT2D eigenvalue weighted by Crippen LogP contribution is -2.24. The molecular formula is C19H22N2O2S. The van der Waals surface area contributed by atoms with Crippen molar-refractivity contribution in [3.63, 3.8) is 0 Å². The van der Waals surface area contributed by atoms with Gasteiger partial charge in [0.15, 0.2) is 0 Å². The number of hydrogen-bond acceptors (Lipinski definition) is 3. The third kappa shape index (κ3) is 4.38. The summed E-state index contributed by atoms with van der Waals surface area (Å²) in [6.45, 7) is 3.79. The SMILES string of the molecule is Cc1ccc(S(=O)(=O)NCC#Cc2ccccc2N(C)C)c(C)c1. The Morgan fingerprint density at radius 2 is 1.79 bits per heavy atom. The normalized spacial score (nSPS) is 10.8. The maximum absolute atomic E-state index is 12.4. The largest absolute Gasteiger partial charge is 0.377 e. The standard InChI is InChI=1S/C19H22N2O2S/c1-15-11-12-19(16(2)14-15)24(22,23)20-13-7-9-17-8-5-6-10-18(17)21(3)4/h5-6,8,10-12,14,20H,13H2,1-4H3. The zero-order chi connectivity index (χ0) is 17.7. The van der Waals surface area contributed by atoms with E-state index in [1.807, 2.05) is 56.3 Å². The van der Waals surface area contributed by atoms with Gasteiger partial charge in [-0.1, -0.05) is 41.7 Å². The predicted molar refractivity (Wildman–Crippen MR) is 98.8 cm³/mol. The van der Waals surface area contributed by atoms with Crippen LogP contribution in [0.3, 0.4) is 0 Å². The highest BCUT2D eigenvalue weighted by molar-refractivity contribution is 7.89. The molecule has 126 valence electrons. The molecule has 0 amide bonds. The smallest absolute Gasteiger partial charge is 0.241 e. The summed E-state index contributed by atoms with van der Waals surface area (Å²) in [5.41, 5.74) is 3.63. The fourth-order valence-corrected chi connectivity index (χ4v) is 3.57. The summed E-state index contributed by atoms with van der Waals surface area (Å²) in [6, 6.07) is 13.0. The number of anilines is 1. The van der Waals surface area contributed by atoms with Crippen LogP contribution in [0, 0.1) is 25.7 Å². The minimum atomic E-state index is -3.55. The van der Waals surface area contributed by atoms with Crippen LogP contribution in [0.5, 0.6) is 0 Å². The average Bonchev–Trinajstić information content (AvgIpc) is 2.51. The number of benzene rings is 2. The van der Waals surface area contributed by atoms with Gasteiger partial charge in [0.05, 0.1) is 17.1 Å². The van der Waals surface area contributed by atoms with E-state index in [2.05, 4.69) is 16.6 Å². The second-order valence-corrected chi connectivity index (χ2v) is 7.54. The molecule has 1 N–H and O–H groups in total. The molecule has 0 aliphatic heterocycles. The Bertz CT molecular complexity index is 891. The van der Waals surface area contributed by atoms with Gasteiger partial charge in [0, 0.05) is 19.7 Å². The van der Waals surface area contributed by atoms with E-state index in [9.17, 15) is 8.42 Å². The van der Waals surface area contributed by atoms with Crippen LogP contribution in [-0.2, 0) is 10.0 Å². The van der Waals surface area contributed by atoms with Crippen LogP contribution >= 0.6 is 0 Å². The number of aryl methyl sites for hydroxylation is 2. The van der Waals surface area contributed by atoms with Gasteiger partial charge in [-0.3, -0.25) is 0 Å². The first-order chi connectivity index (χ1) is 11.3. The monoisotopic (exact) mass is 342 g/mol. The van der Waals surface area contributed by atoms with Crippen LogP contribution < -0.4 is 9.62 Å². The lowest BCUT2D eigenvalue weighted by atomic mass is 10.1. The van der Waals surface area contributed by atoms with Crippen LogP contribution in [0.1, 0.15) is 16.7 Å². The average molecular weight is 342 g/mol. The third-order valence-corrected chi connectivity index (χ3v) is 5.14. The van der Waals surface area contributed by atoms with Gasteiger partial charge in [0.1, 0.15) is 0 Å². The molecule has 24 heavy (non-hydrogen) atoms. The number of nitrogens with zero attached hydrogens (tertiary/aromatic N) is 1. The summed E-state index contributed by atoms with van der Waals surface area (Å²) in [4.78, 5) is 2.27. The van der Waals surface area contributed by atoms with Gasteiger partial charge >= 0.3 is 0 Å². The molecule has 0 heterocycles. The minimum Gasteiger partial charge on any atom is -0.377 e. The van der Waals surface area contributed by atoms with Crippen LogP contribution in [0.15, 0.2) is 47.4 Å². The maximum Gasteiger partial charge on any atom is 0.241 e. The second-order valence-electron chi connectivity index (χ2n) is 5.81. The summed E-state index contributed by atoms with van der Waals surface area (Å²) >= 11 is 0. The highest BCUT2D eigenvalue weighted by Gasteiger charge is 2.15. The van der Waals surface area contributed by atoms with Crippen molar-refractivity contribution in [2.75, 3.05) is 25.5 Å². The zero-order valence-electron chi connectivity index (χ0n) is 14.4. The first kappa shape index (κ1) is 18.1. The molecule has 0 saturated heterocycles. The van der Waals surface area contributed by atoms with Gasteiger partial charge < -0.3 is 4.90 Å². The molecule has 2 rings (SSSR count). The molecule has 5 heteroatoms. The van der Waals surface area contributed by atoms with Crippen molar-refractivity contribution in [2.24, 2.45) is 0 Å². The quantitative estimate of drug-likeness (QED) is 0.869. The van der Waals surface area contributed by atoms with Crippen molar-refractivity contribution in [1.82, 2.24) is 4.72 Å². The van der Waals surface area contributed by atoms with Gasteiger partial charge in [-0.05, 0) is 37.6 Å². The van der Waals surface area contributed by atoms with Crippen LogP contribution in [0.2, 0.25) is 0 Å². The number of rotatable bonds is 4. The Morgan fingerprint density at radius 1 is 1.08 bits per heavy atom. The Labute approximate surface area is 144 Å². The van der Waals surface area contributed by atoms with Crippen molar-refractivity contribution < 1.29 is 8.42 Å². The lowest BCUT2D eigenvalue weighted by Gasteiger charge is -2.13. The number of nitrogens with one attached hydrogen (secondary N) is 1. The molecular weight excluding hydrogens is 320 g/mol. The molecule has 0 aliphatic carbocycles. The van der Waals surface area contributed by atoms with Crippen LogP contribution in [0.25, 0.3) is 0 Å². The van der Waals surface area contributed by atoms with E-state index in [0.29, 0.717) is 4.90 Å². The first-order valence-corrected chi connectivity index (χ1v) is 9.12. The van der Waals surface area contributed by atoms with Gasteiger partial charge in [0.2, 0.25) is 10.0 Å².